The second-order valence-electron chi connectivity index (χ2n) is 5.65. The van der Waals surface area contributed by atoms with Crippen molar-refractivity contribution in [2.24, 2.45) is 5.92 Å². The summed E-state index contributed by atoms with van der Waals surface area (Å²) in [6, 6.07) is 5.71. The fourth-order valence-corrected chi connectivity index (χ4v) is 3.33. The average molecular weight is 376 g/mol. The van der Waals surface area contributed by atoms with Gasteiger partial charge in [0.2, 0.25) is 5.91 Å². The first kappa shape index (κ1) is 19.2. The number of ether oxygens (including phenoxy) is 3. The lowest BCUT2D eigenvalue weighted by Crippen LogP contribution is -2.44. The van der Waals surface area contributed by atoms with Crippen LogP contribution >= 0.6 is 23.2 Å². The molecule has 0 bridgehead atoms. The zero-order chi connectivity index (χ0) is 17.5. The number of hydrogen-bond acceptors (Lipinski definition) is 4. The molecule has 0 aliphatic carbocycles. The molecule has 2 atom stereocenters. The van der Waals surface area contributed by atoms with Crippen molar-refractivity contribution >= 4 is 29.1 Å². The maximum Gasteiger partial charge on any atom is 0.225 e. The van der Waals surface area contributed by atoms with Crippen LogP contribution in [0, 0.1) is 5.92 Å². The molecule has 0 aromatic heterocycles. The Hall–Kier alpha value is -1.17. The Labute approximate surface area is 152 Å². The van der Waals surface area contributed by atoms with Gasteiger partial charge in [0.15, 0.2) is 11.5 Å². The van der Waals surface area contributed by atoms with E-state index in [4.69, 9.17) is 37.4 Å². The molecule has 7 heteroatoms. The van der Waals surface area contributed by atoms with Crippen LogP contribution in [0.1, 0.15) is 18.4 Å². The van der Waals surface area contributed by atoms with Gasteiger partial charge in [-0.3, -0.25) is 4.79 Å². The Morgan fingerprint density at radius 2 is 2.08 bits per heavy atom. The lowest BCUT2D eigenvalue weighted by atomic mass is 9.94. The van der Waals surface area contributed by atoms with Crippen molar-refractivity contribution in [1.82, 2.24) is 5.32 Å². The Kier molecular flexibility index (Phi) is 7.46. The van der Waals surface area contributed by atoms with Crippen LogP contribution in [0.4, 0.5) is 0 Å². The summed E-state index contributed by atoms with van der Waals surface area (Å²) in [5, 5.41) is 2.94. The van der Waals surface area contributed by atoms with Crippen LogP contribution in [0.5, 0.6) is 11.5 Å². The van der Waals surface area contributed by atoms with Crippen molar-refractivity contribution in [2.75, 3.05) is 27.4 Å². The van der Waals surface area contributed by atoms with Crippen LogP contribution < -0.4 is 14.8 Å². The molecule has 1 fully saturated rings. The van der Waals surface area contributed by atoms with Crippen LogP contribution in [0.15, 0.2) is 18.2 Å². The topological polar surface area (TPSA) is 56.8 Å². The SMILES string of the molecule is COc1ccc(CCNC(=O)[C@H]2CCCO[C@H]2C(Cl)Cl)cc1OC. The Bertz CT molecular complexity index is 553. The largest absolute Gasteiger partial charge is 0.493 e. The number of halogens is 2. The highest BCUT2D eigenvalue weighted by atomic mass is 35.5. The molecule has 1 saturated heterocycles. The van der Waals surface area contributed by atoms with E-state index < -0.39 is 10.9 Å². The molecule has 0 saturated carbocycles. The fraction of sp³-hybridized carbons (Fsp3) is 0.588. The summed E-state index contributed by atoms with van der Waals surface area (Å²) in [4.78, 5) is 11.7. The van der Waals surface area contributed by atoms with E-state index in [2.05, 4.69) is 5.32 Å². The molecular formula is C17H23Cl2NO4. The quantitative estimate of drug-likeness (QED) is 0.744. The first-order chi connectivity index (χ1) is 11.6. The maximum atomic E-state index is 12.4. The van der Waals surface area contributed by atoms with Gasteiger partial charge in [0.05, 0.1) is 26.2 Å². The minimum atomic E-state index is -0.702. The van der Waals surface area contributed by atoms with Gasteiger partial charge in [-0.15, -0.1) is 23.2 Å². The molecule has 0 radical (unpaired) electrons. The van der Waals surface area contributed by atoms with E-state index in [1.165, 1.54) is 0 Å². The molecule has 1 aromatic rings. The van der Waals surface area contributed by atoms with Gasteiger partial charge in [-0.2, -0.15) is 0 Å². The number of carbonyl (C=O) groups is 1. The van der Waals surface area contributed by atoms with E-state index in [1.807, 2.05) is 18.2 Å². The molecule has 1 amide bonds. The smallest absolute Gasteiger partial charge is 0.225 e. The van der Waals surface area contributed by atoms with E-state index in [1.54, 1.807) is 14.2 Å². The van der Waals surface area contributed by atoms with Crippen molar-refractivity contribution in [3.05, 3.63) is 23.8 Å². The van der Waals surface area contributed by atoms with Crippen molar-refractivity contribution in [3.63, 3.8) is 0 Å². The first-order valence-electron chi connectivity index (χ1n) is 7.95. The summed E-state index contributed by atoms with van der Waals surface area (Å²) in [5.41, 5.74) is 1.05. The Balaban J connectivity index is 1.88. The summed E-state index contributed by atoms with van der Waals surface area (Å²) in [5.74, 6) is 0.993. The highest BCUT2D eigenvalue weighted by Gasteiger charge is 2.35. The second kappa shape index (κ2) is 9.35. The van der Waals surface area contributed by atoms with Crippen molar-refractivity contribution in [1.29, 1.82) is 0 Å². The number of alkyl halides is 2. The molecule has 134 valence electrons. The lowest BCUT2D eigenvalue weighted by Gasteiger charge is -2.31. The number of carbonyl (C=O) groups excluding carboxylic acids is 1. The molecule has 0 unspecified atom stereocenters. The minimum absolute atomic E-state index is 0.0634. The van der Waals surface area contributed by atoms with Gasteiger partial charge in [-0.1, -0.05) is 6.07 Å². The number of amides is 1. The van der Waals surface area contributed by atoms with Gasteiger partial charge in [0, 0.05) is 13.2 Å². The van der Waals surface area contributed by atoms with Gasteiger partial charge < -0.3 is 19.5 Å². The zero-order valence-corrected chi connectivity index (χ0v) is 15.4. The number of methoxy groups -OCH3 is 2. The number of benzene rings is 1. The minimum Gasteiger partial charge on any atom is -0.493 e. The highest BCUT2D eigenvalue weighted by molar-refractivity contribution is 6.44. The highest BCUT2D eigenvalue weighted by Crippen LogP contribution is 2.29. The standard InChI is InChI=1S/C17H23Cl2NO4/c1-22-13-6-5-11(10-14(13)23-2)7-8-20-17(21)12-4-3-9-24-15(12)16(18)19/h5-6,10,12,15-16H,3-4,7-9H2,1-2H3,(H,20,21)/t12-,15+/m0/s1. The average Bonchev–Trinajstić information content (AvgIpc) is 2.61. The van der Waals surface area contributed by atoms with Crippen molar-refractivity contribution in [2.45, 2.75) is 30.2 Å². The third kappa shape index (κ3) is 4.91. The third-order valence-corrected chi connectivity index (χ3v) is 4.61. The van der Waals surface area contributed by atoms with Gasteiger partial charge >= 0.3 is 0 Å². The molecular weight excluding hydrogens is 353 g/mol. The van der Waals surface area contributed by atoms with E-state index in [0.29, 0.717) is 31.1 Å². The predicted molar refractivity (Wildman–Crippen MR) is 94.2 cm³/mol. The maximum absolute atomic E-state index is 12.4. The van der Waals surface area contributed by atoms with Crippen LogP contribution in [0.2, 0.25) is 0 Å². The van der Waals surface area contributed by atoms with Crippen LogP contribution in [-0.2, 0) is 16.0 Å². The van der Waals surface area contributed by atoms with E-state index in [9.17, 15) is 4.79 Å². The second-order valence-corrected chi connectivity index (χ2v) is 6.81. The van der Waals surface area contributed by atoms with Gasteiger partial charge in [-0.25, -0.2) is 0 Å². The molecule has 5 nitrogen and oxygen atoms in total. The number of nitrogens with one attached hydrogen (secondary N) is 1. The molecule has 1 N–H and O–H groups in total. The Morgan fingerprint density at radius 1 is 1.33 bits per heavy atom. The third-order valence-electron chi connectivity index (χ3n) is 4.11. The summed E-state index contributed by atoms with van der Waals surface area (Å²) in [7, 11) is 3.20. The molecule has 1 aliphatic heterocycles. The monoisotopic (exact) mass is 375 g/mol. The number of hydrogen-bond donors (Lipinski definition) is 1. The summed E-state index contributed by atoms with van der Waals surface area (Å²) >= 11 is 11.8. The Morgan fingerprint density at radius 3 is 2.75 bits per heavy atom. The molecule has 0 spiro atoms. The summed E-state index contributed by atoms with van der Waals surface area (Å²) < 4.78 is 16.0. The van der Waals surface area contributed by atoms with E-state index in [-0.39, 0.29) is 11.8 Å². The van der Waals surface area contributed by atoms with Gasteiger partial charge in [0.1, 0.15) is 4.84 Å². The lowest BCUT2D eigenvalue weighted by molar-refractivity contribution is -0.133. The van der Waals surface area contributed by atoms with E-state index >= 15 is 0 Å². The van der Waals surface area contributed by atoms with Crippen LogP contribution in [0.25, 0.3) is 0 Å². The predicted octanol–water partition coefficient (Wildman–Crippen LogP) is 2.96. The van der Waals surface area contributed by atoms with Crippen LogP contribution in [0.3, 0.4) is 0 Å². The molecule has 1 aliphatic rings. The summed E-state index contributed by atoms with van der Waals surface area (Å²) in [6.45, 7) is 1.11. The van der Waals surface area contributed by atoms with Gasteiger partial charge in [-0.05, 0) is 37.0 Å². The molecule has 1 heterocycles. The summed E-state index contributed by atoms with van der Waals surface area (Å²) in [6.07, 6.45) is 1.83. The molecule has 1 aromatic carbocycles. The number of rotatable bonds is 7. The van der Waals surface area contributed by atoms with Gasteiger partial charge in [0.25, 0.3) is 0 Å². The normalized spacial score (nSPS) is 20.7. The molecule has 2 rings (SSSR count). The van der Waals surface area contributed by atoms with Crippen LogP contribution in [-0.4, -0.2) is 44.2 Å². The first-order valence-corrected chi connectivity index (χ1v) is 8.82. The van der Waals surface area contributed by atoms with Crippen molar-refractivity contribution in [3.8, 4) is 11.5 Å². The zero-order valence-electron chi connectivity index (χ0n) is 13.9. The molecule has 24 heavy (non-hydrogen) atoms. The van der Waals surface area contributed by atoms with Crippen molar-refractivity contribution < 1.29 is 19.0 Å². The fourth-order valence-electron chi connectivity index (χ4n) is 2.83. The van der Waals surface area contributed by atoms with E-state index in [0.717, 1.165) is 18.4 Å².